The van der Waals surface area contributed by atoms with E-state index in [1.54, 1.807) is 31.2 Å². The first kappa shape index (κ1) is 24.8. The minimum absolute atomic E-state index is 0.123. The first-order valence-electron chi connectivity index (χ1n) is 11.8. The second kappa shape index (κ2) is 11.9. The Balaban J connectivity index is 1.33. The van der Waals surface area contributed by atoms with Gasteiger partial charge in [-0.05, 0) is 48.9 Å². The number of esters is 1. The van der Waals surface area contributed by atoms with Crippen molar-refractivity contribution in [2.75, 3.05) is 38.3 Å². The number of hydrogen-bond donors (Lipinski definition) is 0. The van der Waals surface area contributed by atoms with Crippen molar-refractivity contribution in [3.63, 3.8) is 0 Å². The Hall–Kier alpha value is -4.33. The van der Waals surface area contributed by atoms with Crippen molar-refractivity contribution >= 4 is 29.0 Å². The normalized spacial score (nSPS) is 10.7. The predicted octanol–water partition coefficient (Wildman–Crippen LogP) is 4.55. The molecule has 1 aromatic heterocycles. The van der Waals surface area contributed by atoms with Crippen molar-refractivity contribution in [1.82, 2.24) is 9.88 Å². The molecular formula is C28H29N3O5. The number of aromatic nitrogens is 1. The van der Waals surface area contributed by atoms with Crippen LogP contribution in [-0.4, -0.2) is 55.1 Å². The summed E-state index contributed by atoms with van der Waals surface area (Å²) in [4.78, 5) is 33.0. The molecule has 4 aromatic rings. The molecule has 8 heteroatoms. The zero-order chi connectivity index (χ0) is 25.3. The summed E-state index contributed by atoms with van der Waals surface area (Å²) in [6.07, 6.45) is 0. The highest BCUT2D eigenvalue weighted by Gasteiger charge is 2.20. The third kappa shape index (κ3) is 6.41. The molecule has 0 unspecified atom stereocenters. The molecule has 0 bridgehead atoms. The van der Waals surface area contributed by atoms with Gasteiger partial charge in [0, 0.05) is 19.2 Å². The molecule has 0 aliphatic rings. The molecule has 8 nitrogen and oxygen atoms in total. The number of nitrogens with zero attached hydrogens (tertiary/aromatic N) is 3. The quantitative estimate of drug-likeness (QED) is 0.287. The lowest BCUT2D eigenvalue weighted by Gasteiger charge is -2.22. The number of amides is 1. The highest BCUT2D eigenvalue weighted by molar-refractivity contribution is 5.95. The number of rotatable bonds is 11. The largest absolute Gasteiger partial charge is 0.492 e. The topological polar surface area (TPSA) is 85.1 Å². The highest BCUT2D eigenvalue weighted by atomic mass is 16.5. The van der Waals surface area contributed by atoms with Crippen molar-refractivity contribution in [3.8, 4) is 5.75 Å². The molecule has 186 valence electrons. The highest BCUT2D eigenvalue weighted by Crippen LogP contribution is 2.21. The number of benzene rings is 3. The summed E-state index contributed by atoms with van der Waals surface area (Å²) in [5.74, 6) is 0.0343. The number of fused-ring (bicyclic) bond motifs is 1. The molecule has 0 aliphatic heterocycles. The molecule has 0 aliphatic carbocycles. The summed E-state index contributed by atoms with van der Waals surface area (Å²) >= 11 is 0. The van der Waals surface area contributed by atoms with Gasteiger partial charge in [0.25, 0.3) is 11.9 Å². The van der Waals surface area contributed by atoms with Gasteiger partial charge in [0.15, 0.2) is 5.58 Å². The van der Waals surface area contributed by atoms with Crippen LogP contribution < -0.4 is 9.64 Å². The second-order valence-corrected chi connectivity index (χ2v) is 8.21. The van der Waals surface area contributed by atoms with E-state index in [9.17, 15) is 9.59 Å². The minimum Gasteiger partial charge on any atom is -0.492 e. The van der Waals surface area contributed by atoms with Crippen molar-refractivity contribution in [1.29, 1.82) is 0 Å². The van der Waals surface area contributed by atoms with Crippen LogP contribution in [0.25, 0.3) is 11.1 Å². The van der Waals surface area contributed by atoms with Crippen LogP contribution in [0.2, 0.25) is 0 Å². The van der Waals surface area contributed by atoms with E-state index in [0.29, 0.717) is 30.5 Å². The van der Waals surface area contributed by atoms with E-state index in [1.165, 1.54) is 4.90 Å². The Labute approximate surface area is 210 Å². The zero-order valence-corrected chi connectivity index (χ0v) is 20.4. The second-order valence-electron chi connectivity index (χ2n) is 8.21. The molecular weight excluding hydrogens is 458 g/mol. The monoisotopic (exact) mass is 487 g/mol. The Morgan fingerprint density at radius 2 is 1.67 bits per heavy atom. The van der Waals surface area contributed by atoms with Crippen molar-refractivity contribution < 1.29 is 23.5 Å². The molecule has 0 N–H and O–H groups in total. The number of carbonyl (C=O) groups is 2. The zero-order valence-electron chi connectivity index (χ0n) is 20.4. The first-order valence-corrected chi connectivity index (χ1v) is 11.8. The Bertz CT molecular complexity index is 1250. The van der Waals surface area contributed by atoms with Crippen LogP contribution in [0, 0.1) is 0 Å². The lowest BCUT2D eigenvalue weighted by molar-refractivity contribution is -0.143. The van der Waals surface area contributed by atoms with Crippen LogP contribution in [-0.2, 0) is 16.1 Å². The van der Waals surface area contributed by atoms with Gasteiger partial charge < -0.3 is 23.7 Å². The summed E-state index contributed by atoms with van der Waals surface area (Å²) in [7, 11) is 1.90. The van der Waals surface area contributed by atoms with E-state index in [4.69, 9.17) is 13.9 Å². The third-order valence-corrected chi connectivity index (χ3v) is 5.53. The molecule has 0 radical (unpaired) electrons. The molecule has 0 saturated carbocycles. The van der Waals surface area contributed by atoms with E-state index >= 15 is 0 Å². The van der Waals surface area contributed by atoms with Gasteiger partial charge in [0.1, 0.15) is 24.4 Å². The molecule has 4 rings (SSSR count). The van der Waals surface area contributed by atoms with Gasteiger partial charge in [0.05, 0.1) is 13.2 Å². The number of hydrogen-bond acceptors (Lipinski definition) is 7. The average molecular weight is 488 g/mol. The van der Waals surface area contributed by atoms with E-state index in [2.05, 4.69) is 4.98 Å². The van der Waals surface area contributed by atoms with Crippen molar-refractivity contribution in [3.05, 3.63) is 90.0 Å². The van der Waals surface area contributed by atoms with E-state index in [-0.39, 0.29) is 25.6 Å². The number of oxazole rings is 1. The first-order chi connectivity index (χ1) is 17.5. The van der Waals surface area contributed by atoms with Crippen LogP contribution in [0.1, 0.15) is 22.8 Å². The van der Waals surface area contributed by atoms with Crippen LogP contribution in [0.5, 0.6) is 5.75 Å². The van der Waals surface area contributed by atoms with Crippen molar-refractivity contribution in [2.24, 2.45) is 0 Å². The maximum Gasteiger partial charge on any atom is 0.325 e. The molecule has 1 amide bonds. The molecule has 36 heavy (non-hydrogen) atoms. The van der Waals surface area contributed by atoms with Gasteiger partial charge in [-0.25, -0.2) is 0 Å². The standard InChI is InChI=1S/C28H29N3O5/c1-3-34-26(32)20-31(27(33)22-9-5-4-6-10-22)19-21-13-15-23(16-14-21)35-18-17-30(2)28-29-24-11-7-8-12-25(24)36-28/h4-16H,3,17-20H2,1-2H3. The Kier molecular flexibility index (Phi) is 8.18. The SMILES string of the molecule is CCOC(=O)CN(Cc1ccc(OCCN(C)c2nc3ccccc3o2)cc1)C(=O)c1ccccc1. The molecule has 0 atom stereocenters. The van der Waals surface area contributed by atoms with Gasteiger partial charge in [0.2, 0.25) is 0 Å². The smallest absolute Gasteiger partial charge is 0.325 e. The number of likely N-dealkylation sites (N-methyl/N-ethyl adjacent to an activating group) is 1. The summed E-state index contributed by atoms with van der Waals surface area (Å²) in [6, 6.07) is 24.6. The minimum atomic E-state index is -0.440. The van der Waals surface area contributed by atoms with Crippen molar-refractivity contribution in [2.45, 2.75) is 13.5 Å². The molecule has 3 aromatic carbocycles. The fraction of sp³-hybridized carbons (Fsp3) is 0.250. The number of carbonyl (C=O) groups excluding carboxylic acids is 2. The molecule has 0 saturated heterocycles. The summed E-state index contributed by atoms with van der Waals surface area (Å²) < 4.78 is 16.7. The number of ether oxygens (including phenoxy) is 2. The Morgan fingerprint density at radius 1 is 0.944 bits per heavy atom. The maximum atomic E-state index is 13.0. The van der Waals surface area contributed by atoms with Crippen LogP contribution in [0.3, 0.4) is 0 Å². The van der Waals surface area contributed by atoms with E-state index in [1.807, 2.05) is 66.5 Å². The summed E-state index contributed by atoms with van der Waals surface area (Å²) in [6.45, 7) is 3.18. The number of para-hydroxylation sites is 2. The Morgan fingerprint density at radius 3 is 2.39 bits per heavy atom. The maximum absolute atomic E-state index is 13.0. The number of anilines is 1. The lowest BCUT2D eigenvalue weighted by Crippen LogP contribution is -2.36. The van der Waals surface area contributed by atoms with Crippen LogP contribution in [0.15, 0.2) is 83.3 Å². The third-order valence-electron chi connectivity index (χ3n) is 5.53. The van der Waals surface area contributed by atoms with Gasteiger partial charge >= 0.3 is 5.97 Å². The van der Waals surface area contributed by atoms with Crippen LogP contribution in [0.4, 0.5) is 6.01 Å². The summed E-state index contributed by atoms with van der Waals surface area (Å²) in [5, 5.41) is 0. The fourth-order valence-electron chi connectivity index (χ4n) is 3.66. The molecule has 1 heterocycles. The predicted molar refractivity (Wildman–Crippen MR) is 137 cm³/mol. The molecule has 0 spiro atoms. The van der Waals surface area contributed by atoms with E-state index in [0.717, 1.165) is 16.7 Å². The molecule has 0 fully saturated rings. The summed E-state index contributed by atoms with van der Waals surface area (Å²) in [5.41, 5.74) is 2.96. The van der Waals surface area contributed by atoms with Gasteiger partial charge in [-0.15, -0.1) is 0 Å². The van der Waals surface area contributed by atoms with Gasteiger partial charge in [-0.1, -0.05) is 42.5 Å². The van der Waals surface area contributed by atoms with Gasteiger partial charge in [-0.2, -0.15) is 4.98 Å². The fourth-order valence-corrected chi connectivity index (χ4v) is 3.66. The van der Waals surface area contributed by atoms with Gasteiger partial charge in [-0.3, -0.25) is 9.59 Å². The average Bonchev–Trinajstić information content (AvgIpc) is 3.34. The lowest BCUT2D eigenvalue weighted by atomic mass is 10.1. The van der Waals surface area contributed by atoms with E-state index < -0.39 is 5.97 Å². The van der Waals surface area contributed by atoms with Crippen LogP contribution >= 0.6 is 0 Å².